The predicted octanol–water partition coefficient (Wildman–Crippen LogP) is 3.16. The fourth-order valence-corrected chi connectivity index (χ4v) is 4.85. The van der Waals surface area contributed by atoms with Crippen molar-refractivity contribution in [3.8, 4) is 0 Å². The van der Waals surface area contributed by atoms with Crippen LogP contribution in [-0.4, -0.2) is 47.6 Å². The maximum absolute atomic E-state index is 13.4. The van der Waals surface area contributed by atoms with Crippen LogP contribution < -0.4 is 0 Å². The van der Waals surface area contributed by atoms with Gasteiger partial charge in [0, 0.05) is 20.1 Å². The highest BCUT2D eigenvalue weighted by Crippen LogP contribution is 2.62. The summed E-state index contributed by atoms with van der Waals surface area (Å²) in [6, 6.07) is 7.32. The molecule has 1 aromatic rings. The summed E-state index contributed by atoms with van der Waals surface area (Å²) in [5, 5.41) is 19.6. The average molecular weight is 373 g/mol. The van der Waals surface area contributed by atoms with E-state index in [0.717, 1.165) is 11.1 Å². The molecule has 25 heavy (non-hydrogen) atoms. The van der Waals surface area contributed by atoms with Crippen LogP contribution in [0.3, 0.4) is 0 Å². The van der Waals surface area contributed by atoms with Crippen LogP contribution in [-0.2, 0) is 24.8 Å². The summed E-state index contributed by atoms with van der Waals surface area (Å²) in [6.45, 7) is 5.09. The van der Waals surface area contributed by atoms with Crippen molar-refractivity contribution in [1.82, 2.24) is 5.06 Å². The largest absolute Gasteiger partial charge is 0.396 e. The number of aliphatic hydroxyl groups is 1. The second kappa shape index (κ2) is 10.7. The van der Waals surface area contributed by atoms with Crippen LogP contribution in [0, 0.1) is 0 Å². The van der Waals surface area contributed by atoms with Gasteiger partial charge in [-0.05, 0) is 37.8 Å². The normalized spacial score (nSPS) is 12.8. The molecule has 0 aliphatic heterocycles. The van der Waals surface area contributed by atoms with E-state index in [4.69, 9.17) is 9.05 Å². The number of carbonyl (C=O) groups is 1. The van der Waals surface area contributed by atoms with Crippen LogP contribution in [0.4, 0.5) is 0 Å². The van der Waals surface area contributed by atoms with Gasteiger partial charge in [-0.1, -0.05) is 24.3 Å². The number of rotatable bonds is 11. The number of hydrogen-bond donors (Lipinski definition) is 2. The minimum Gasteiger partial charge on any atom is -0.396 e. The van der Waals surface area contributed by atoms with Gasteiger partial charge in [-0.3, -0.25) is 14.6 Å². The van der Waals surface area contributed by atoms with Crippen molar-refractivity contribution in [3.63, 3.8) is 0 Å². The molecule has 1 unspecified atom stereocenters. The van der Waals surface area contributed by atoms with E-state index in [1.165, 1.54) is 6.92 Å². The molecular formula is C17H28NO6P. The molecule has 0 heterocycles. The topological polar surface area (TPSA) is 96.3 Å². The van der Waals surface area contributed by atoms with E-state index < -0.39 is 19.2 Å². The van der Waals surface area contributed by atoms with Crippen LogP contribution in [0.5, 0.6) is 0 Å². The number of nitrogens with zero attached hydrogens (tertiary/aromatic N) is 1. The molecule has 7 nitrogen and oxygen atoms in total. The van der Waals surface area contributed by atoms with Gasteiger partial charge in [0.15, 0.2) is 0 Å². The smallest absolute Gasteiger partial charge is 0.338 e. The first-order chi connectivity index (χ1) is 11.9. The Morgan fingerprint density at radius 1 is 1.24 bits per heavy atom. The van der Waals surface area contributed by atoms with Crippen molar-refractivity contribution >= 4 is 13.5 Å². The Bertz CT molecular complexity index is 584. The molecule has 8 heteroatoms. The van der Waals surface area contributed by atoms with Gasteiger partial charge in [-0.25, -0.2) is 5.06 Å². The molecule has 0 saturated heterocycles. The van der Waals surface area contributed by atoms with Crippen molar-refractivity contribution in [3.05, 3.63) is 35.4 Å². The van der Waals surface area contributed by atoms with E-state index in [9.17, 15) is 19.7 Å². The zero-order valence-corrected chi connectivity index (χ0v) is 15.9. The average Bonchev–Trinajstić information content (AvgIpc) is 2.56. The first-order valence-corrected chi connectivity index (χ1v) is 10.0. The van der Waals surface area contributed by atoms with E-state index >= 15 is 0 Å². The van der Waals surface area contributed by atoms with Gasteiger partial charge >= 0.3 is 7.60 Å². The lowest BCUT2D eigenvalue weighted by Crippen LogP contribution is -2.27. The summed E-state index contributed by atoms with van der Waals surface area (Å²) in [4.78, 5) is 11.3. The zero-order chi connectivity index (χ0) is 18.9. The van der Waals surface area contributed by atoms with E-state index in [1.807, 2.05) is 24.3 Å². The van der Waals surface area contributed by atoms with Gasteiger partial charge in [-0.2, -0.15) is 0 Å². The number of benzene rings is 1. The summed E-state index contributed by atoms with van der Waals surface area (Å²) >= 11 is 0. The highest BCUT2D eigenvalue weighted by atomic mass is 31.2. The Balaban J connectivity index is 3.26. The van der Waals surface area contributed by atoms with Crippen LogP contribution in [0.2, 0.25) is 0 Å². The Kier molecular flexibility index (Phi) is 9.32. The van der Waals surface area contributed by atoms with Crippen LogP contribution in [0.1, 0.15) is 44.0 Å². The molecule has 1 rings (SSSR count). The summed E-state index contributed by atoms with van der Waals surface area (Å²) in [5.74, 6) is -0.495. The fourth-order valence-electron chi connectivity index (χ4n) is 2.67. The zero-order valence-electron chi connectivity index (χ0n) is 15.1. The van der Waals surface area contributed by atoms with Crippen LogP contribution in [0.15, 0.2) is 24.3 Å². The first-order valence-electron chi connectivity index (χ1n) is 8.44. The lowest BCUT2D eigenvalue weighted by molar-refractivity contribution is -0.162. The third-order valence-corrected chi connectivity index (χ3v) is 6.31. The van der Waals surface area contributed by atoms with Gasteiger partial charge in [0.1, 0.15) is 0 Å². The van der Waals surface area contributed by atoms with Crippen molar-refractivity contribution in [2.45, 2.75) is 39.3 Å². The van der Waals surface area contributed by atoms with Gasteiger partial charge < -0.3 is 14.2 Å². The highest BCUT2D eigenvalue weighted by molar-refractivity contribution is 7.54. The lowest BCUT2D eigenvalue weighted by atomic mass is 10.00. The second-order valence-electron chi connectivity index (χ2n) is 5.49. The predicted molar refractivity (Wildman–Crippen MR) is 94.6 cm³/mol. The van der Waals surface area contributed by atoms with Gasteiger partial charge in [0.25, 0.3) is 0 Å². The standard InChI is InChI=1S/C17H28NO6P/c1-4-23-25(22,24-5-2)17(10-12-18(21)14(3)20)16-9-7-6-8-15(16)11-13-19/h6-9,17,19,21H,4-5,10-13H2,1-3H3. The van der Waals surface area contributed by atoms with Crippen molar-refractivity contribution in [2.75, 3.05) is 26.4 Å². The number of amides is 1. The maximum atomic E-state index is 13.4. The Labute approximate surface area is 149 Å². The van der Waals surface area contributed by atoms with Gasteiger partial charge in [0.2, 0.25) is 5.91 Å². The molecule has 0 spiro atoms. The fraction of sp³-hybridized carbons (Fsp3) is 0.588. The van der Waals surface area contributed by atoms with Gasteiger partial charge in [0.05, 0.1) is 18.9 Å². The monoisotopic (exact) mass is 373 g/mol. The molecule has 0 aliphatic carbocycles. The van der Waals surface area contributed by atoms with Crippen LogP contribution in [0.25, 0.3) is 0 Å². The van der Waals surface area contributed by atoms with Crippen molar-refractivity contribution < 1.29 is 28.7 Å². The molecule has 1 aromatic carbocycles. The third-order valence-electron chi connectivity index (χ3n) is 3.77. The molecule has 0 aliphatic rings. The Morgan fingerprint density at radius 3 is 2.36 bits per heavy atom. The second-order valence-corrected chi connectivity index (χ2v) is 7.71. The molecule has 0 saturated carbocycles. The highest BCUT2D eigenvalue weighted by Gasteiger charge is 2.38. The summed E-state index contributed by atoms with van der Waals surface area (Å²) in [6.07, 6.45) is 0.607. The molecule has 142 valence electrons. The number of hydrogen-bond acceptors (Lipinski definition) is 6. The third kappa shape index (κ3) is 6.20. The Morgan fingerprint density at radius 2 is 1.84 bits per heavy atom. The van der Waals surface area contributed by atoms with E-state index in [0.29, 0.717) is 11.5 Å². The molecule has 1 atom stereocenters. The minimum atomic E-state index is -3.52. The molecule has 0 radical (unpaired) electrons. The Hall–Kier alpha value is -1.24. The quantitative estimate of drug-likeness (QED) is 0.351. The van der Waals surface area contributed by atoms with Gasteiger partial charge in [-0.15, -0.1) is 0 Å². The summed E-state index contributed by atoms with van der Waals surface area (Å²) in [7, 11) is -3.52. The SMILES string of the molecule is CCOP(=O)(OCC)C(CCN(O)C(C)=O)c1ccccc1CCO. The molecule has 0 aromatic heterocycles. The van der Waals surface area contributed by atoms with E-state index in [2.05, 4.69) is 0 Å². The molecule has 1 amide bonds. The summed E-state index contributed by atoms with van der Waals surface area (Å²) in [5.41, 5.74) is 0.921. The molecular weight excluding hydrogens is 345 g/mol. The number of carbonyl (C=O) groups excluding carboxylic acids is 1. The molecule has 0 fully saturated rings. The van der Waals surface area contributed by atoms with E-state index in [-0.39, 0.29) is 32.8 Å². The van der Waals surface area contributed by atoms with Crippen molar-refractivity contribution in [2.24, 2.45) is 0 Å². The molecule has 2 N–H and O–H groups in total. The maximum Gasteiger partial charge on any atom is 0.338 e. The lowest BCUT2D eigenvalue weighted by Gasteiger charge is -2.29. The molecule has 0 bridgehead atoms. The van der Waals surface area contributed by atoms with Crippen molar-refractivity contribution in [1.29, 1.82) is 0 Å². The van der Waals surface area contributed by atoms with E-state index in [1.54, 1.807) is 13.8 Å². The summed E-state index contributed by atoms with van der Waals surface area (Å²) < 4.78 is 24.4. The first kappa shape index (κ1) is 21.8. The van der Waals surface area contributed by atoms with Crippen LogP contribution >= 0.6 is 7.60 Å². The number of aliphatic hydroxyl groups excluding tert-OH is 1. The number of hydroxylamine groups is 2. The minimum absolute atomic E-state index is 0.00238.